The van der Waals surface area contributed by atoms with Gasteiger partial charge in [0.15, 0.2) is 0 Å². The molecule has 1 aliphatic carbocycles. The van der Waals surface area contributed by atoms with Crippen molar-refractivity contribution < 1.29 is 4.74 Å². The molecule has 0 spiro atoms. The first-order valence-corrected chi connectivity index (χ1v) is 5.41. The lowest BCUT2D eigenvalue weighted by atomic mass is 10.0. The second-order valence-electron chi connectivity index (χ2n) is 5.66. The highest BCUT2D eigenvalue weighted by atomic mass is 16.5. The summed E-state index contributed by atoms with van der Waals surface area (Å²) >= 11 is 0. The molecule has 0 aliphatic heterocycles. The van der Waals surface area contributed by atoms with Gasteiger partial charge in [-0.3, -0.25) is 0 Å². The monoisotopic (exact) mass is 200 g/mol. The Morgan fingerprint density at radius 3 is 2.43 bits per heavy atom. The molecule has 0 saturated heterocycles. The molecule has 1 fully saturated rings. The zero-order valence-corrected chi connectivity index (χ0v) is 9.84. The fourth-order valence-corrected chi connectivity index (χ4v) is 1.88. The van der Waals surface area contributed by atoms with Crippen molar-refractivity contribution in [3.63, 3.8) is 0 Å². The predicted octanol–water partition coefficient (Wildman–Crippen LogP) is 1.26. The van der Waals surface area contributed by atoms with Crippen LogP contribution in [0.15, 0.2) is 0 Å². The van der Waals surface area contributed by atoms with Crippen LogP contribution in [0.2, 0.25) is 0 Å². The standard InChI is InChI=1S/C11H24N2O/c1-8(12)5-10(2,3)14-7-9-6-11(9,4)13/h8-9H,5-7,12-13H2,1-4H3. The molecule has 0 amide bonds. The summed E-state index contributed by atoms with van der Waals surface area (Å²) in [6, 6.07) is 0.188. The summed E-state index contributed by atoms with van der Waals surface area (Å²) in [5.74, 6) is 0.537. The van der Waals surface area contributed by atoms with E-state index in [1.165, 1.54) is 0 Å². The average Bonchev–Trinajstić information content (AvgIpc) is 2.52. The molecule has 0 bridgehead atoms. The van der Waals surface area contributed by atoms with Gasteiger partial charge in [-0.1, -0.05) is 0 Å². The maximum absolute atomic E-state index is 5.94. The molecular formula is C11H24N2O. The van der Waals surface area contributed by atoms with Gasteiger partial charge in [-0.25, -0.2) is 0 Å². The van der Waals surface area contributed by atoms with E-state index in [2.05, 4.69) is 20.8 Å². The van der Waals surface area contributed by atoms with Crippen LogP contribution in [-0.4, -0.2) is 23.8 Å². The van der Waals surface area contributed by atoms with Crippen LogP contribution in [0.25, 0.3) is 0 Å². The Bertz CT molecular complexity index is 199. The van der Waals surface area contributed by atoms with Crippen molar-refractivity contribution >= 4 is 0 Å². The molecule has 84 valence electrons. The van der Waals surface area contributed by atoms with Crippen molar-refractivity contribution in [2.75, 3.05) is 6.61 Å². The number of nitrogens with two attached hydrogens (primary N) is 2. The van der Waals surface area contributed by atoms with Gasteiger partial charge in [-0.15, -0.1) is 0 Å². The van der Waals surface area contributed by atoms with Crippen LogP contribution in [0.5, 0.6) is 0 Å². The summed E-state index contributed by atoms with van der Waals surface area (Å²) in [4.78, 5) is 0. The number of ether oxygens (including phenoxy) is 1. The van der Waals surface area contributed by atoms with E-state index >= 15 is 0 Å². The molecule has 1 rings (SSSR count). The molecule has 0 aromatic rings. The van der Waals surface area contributed by atoms with E-state index < -0.39 is 0 Å². The van der Waals surface area contributed by atoms with Crippen LogP contribution in [0.4, 0.5) is 0 Å². The van der Waals surface area contributed by atoms with E-state index in [0.717, 1.165) is 19.4 Å². The Labute approximate surface area is 87.2 Å². The van der Waals surface area contributed by atoms with Crippen LogP contribution < -0.4 is 11.5 Å². The summed E-state index contributed by atoms with van der Waals surface area (Å²) in [6.45, 7) is 9.04. The lowest BCUT2D eigenvalue weighted by molar-refractivity contribution is -0.0337. The normalized spacial score (nSPS) is 34.3. The van der Waals surface area contributed by atoms with Gasteiger partial charge in [-0.05, 0) is 40.5 Å². The molecule has 3 nitrogen and oxygen atoms in total. The van der Waals surface area contributed by atoms with Gasteiger partial charge in [0.05, 0.1) is 12.2 Å². The van der Waals surface area contributed by atoms with Crippen molar-refractivity contribution in [3.8, 4) is 0 Å². The highest BCUT2D eigenvalue weighted by Gasteiger charge is 2.47. The molecule has 3 atom stereocenters. The Hall–Kier alpha value is -0.120. The summed E-state index contributed by atoms with van der Waals surface area (Å²) in [5, 5.41) is 0. The van der Waals surface area contributed by atoms with Gasteiger partial charge in [0.2, 0.25) is 0 Å². The van der Waals surface area contributed by atoms with E-state index in [4.69, 9.17) is 16.2 Å². The van der Waals surface area contributed by atoms with Gasteiger partial charge in [0.1, 0.15) is 0 Å². The molecule has 3 heteroatoms. The third-order valence-electron chi connectivity index (χ3n) is 2.95. The molecule has 0 aromatic carbocycles. The van der Waals surface area contributed by atoms with Crippen molar-refractivity contribution in [3.05, 3.63) is 0 Å². The zero-order chi connectivity index (χ0) is 11.0. The largest absolute Gasteiger partial charge is 0.375 e. The van der Waals surface area contributed by atoms with Crippen LogP contribution >= 0.6 is 0 Å². The van der Waals surface area contributed by atoms with Crippen molar-refractivity contribution in [1.29, 1.82) is 0 Å². The molecule has 0 heterocycles. The third-order valence-corrected chi connectivity index (χ3v) is 2.95. The third kappa shape index (κ3) is 3.56. The van der Waals surface area contributed by atoms with E-state index in [-0.39, 0.29) is 17.2 Å². The molecule has 0 radical (unpaired) electrons. The van der Waals surface area contributed by atoms with Gasteiger partial charge < -0.3 is 16.2 Å². The first kappa shape index (κ1) is 12.0. The summed E-state index contributed by atoms with van der Waals surface area (Å²) in [7, 11) is 0. The second kappa shape index (κ2) is 3.80. The smallest absolute Gasteiger partial charge is 0.0641 e. The predicted molar refractivity (Wildman–Crippen MR) is 59.0 cm³/mol. The zero-order valence-electron chi connectivity index (χ0n) is 9.84. The van der Waals surface area contributed by atoms with Crippen molar-refractivity contribution in [2.45, 2.75) is 57.7 Å². The first-order chi connectivity index (χ1) is 6.23. The summed E-state index contributed by atoms with van der Waals surface area (Å²) in [6.07, 6.45) is 1.97. The molecule has 14 heavy (non-hydrogen) atoms. The Balaban J connectivity index is 2.23. The van der Waals surface area contributed by atoms with E-state index in [0.29, 0.717) is 5.92 Å². The van der Waals surface area contributed by atoms with Crippen LogP contribution in [0, 0.1) is 5.92 Å². The van der Waals surface area contributed by atoms with Crippen molar-refractivity contribution in [2.24, 2.45) is 17.4 Å². The van der Waals surface area contributed by atoms with Crippen LogP contribution in [0.3, 0.4) is 0 Å². The molecule has 3 unspecified atom stereocenters. The van der Waals surface area contributed by atoms with E-state index in [9.17, 15) is 0 Å². The van der Waals surface area contributed by atoms with Crippen molar-refractivity contribution in [1.82, 2.24) is 0 Å². The van der Waals surface area contributed by atoms with Crippen LogP contribution in [0.1, 0.15) is 40.5 Å². The molecular weight excluding hydrogens is 176 g/mol. The van der Waals surface area contributed by atoms with Gasteiger partial charge in [-0.2, -0.15) is 0 Å². The van der Waals surface area contributed by atoms with Crippen LogP contribution in [-0.2, 0) is 4.74 Å². The Morgan fingerprint density at radius 2 is 2.07 bits per heavy atom. The molecule has 0 aromatic heterocycles. The Kier molecular flexibility index (Phi) is 3.24. The van der Waals surface area contributed by atoms with Gasteiger partial charge in [0, 0.05) is 17.5 Å². The lowest BCUT2D eigenvalue weighted by Crippen LogP contribution is -2.34. The minimum Gasteiger partial charge on any atom is -0.375 e. The number of hydrogen-bond acceptors (Lipinski definition) is 3. The topological polar surface area (TPSA) is 61.3 Å². The molecule has 4 N–H and O–H groups in total. The lowest BCUT2D eigenvalue weighted by Gasteiger charge is -2.27. The maximum Gasteiger partial charge on any atom is 0.0641 e. The average molecular weight is 200 g/mol. The minimum atomic E-state index is -0.118. The fourth-order valence-electron chi connectivity index (χ4n) is 1.88. The Morgan fingerprint density at radius 1 is 1.57 bits per heavy atom. The minimum absolute atomic E-state index is 0.0183. The van der Waals surface area contributed by atoms with E-state index in [1.807, 2.05) is 6.92 Å². The highest BCUT2D eigenvalue weighted by molar-refractivity contribution is 5.04. The van der Waals surface area contributed by atoms with E-state index in [1.54, 1.807) is 0 Å². The fraction of sp³-hybridized carbons (Fsp3) is 1.00. The number of hydrogen-bond donors (Lipinski definition) is 2. The molecule has 1 aliphatic rings. The number of rotatable bonds is 5. The maximum atomic E-state index is 5.94. The second-order valence-corrected chi connectivity index (χ2v) is 5.66. The highest BCUT2D eigenvalue weighted by Crippen LogP contribution is 2.41. The van der Waals surface area contributed by atoms with Gasteiger partial charge >= 0.3 is 0 Å². The summed E-state index contributed by atoms with van der Waals surface area (Å²) in [5.41, 5.74) is 11.6. The van der Waals surface area contributed by atoms with Gasteiger partial charge in [0.25, 0.3) is 0 Å². The summed E-state index contributed by atoms with van der Waals surface area (Å²) < 4.78 is 5.84. The molecule has 1 saturated carbocycles. The SMILES string of the molecule is CC(N)CC(C)(C)OCC1CC1(C)N. The first-order valence-electron chi connectivity index (χ1n) is 5.41. The quantitative estimate of drug-likeness (QED) is 0.702.